The summed E-state index contributed by atoms with van der Waals surface area (Å²) < 4.78 is 5.41. The normalized spacial score (nSPS) is 14.5. The largest absolute Gasteiger partial charge is 0.497 e. The van der Waals surface area contributed by atoms with Gasteiger partial charge in [-0.15, -0.1) is 0 Å². The fraction of sp³-hybridized carbons (Fsp3) is 0.167. The lowest BCUT2D eigenvalue weighted by Gasteiger charge is -2.22. The van der Waals surface area contributed by atoms with E-state index in [1.807, 2.05) is 6.07 Å². The predicted molar refractivity (Wildman–Crippen MR) is 106 cm³/mol. The van der Waals surface area contributed by atoms with E-state index in [0.29, 0.717) is 0 Å². The number of methoxy groups -OCH3 is 1. The smallest absolute Gasteiger partial charge is 0.119 e. The zero-order chi connectivity index (χ0) is 17.2. The molecule has 4 aromatic rings. The summed E-state index contributed by atoms with van der Waals surface area (Å²) in [4.78, 5) is 0. The molecule has 0 atom stereocenters. The minimum absolute atomic E-state index is 0.0167. The lowest BCUT2D eigenvalue weighted by atomic mass is 9.81. The maximum atomic E-state index is 5.41. The van der Waals surface area contributed by atoms with E-state index in [0.717, 1.165) is 5.75 Å². The number of hydrogen-bond donors (Lipinski definition) is 0. The van der Waals surface area contributed by atoms with Gasteiger partial charge in [0.15, 0.2) is 0 Å². The summed E-state index contributed by atoms with van der Waals surface area (Å²) in [6.07, 6.45) is 0. The molecule has 25 heavy (non-hydrogen) atoms. The van der Waals surface area contributed by atoms with Crippen molar-refractivity contribution in [3.63, 3.8) is 0 Å². The van der Waals surface area contributed by atoms with Crippen molar-refractivity contribution in [2.24, 2.45) is 0 Å². The maximum Gasteiger partial charge on any atom is 0.119 e. The minimum atomic E-state index is 0.0167. The zero-order valence-electron chi connectivity index (χ0n) is 14.8. The fourth-order valence-corrected chi connectivity index (χ4v) is 4.27. The Kier molecular flexibility index (Phi) is 2.82. The summed E-state index contributed by atoms with van der Waals surface area (Å²) in [6, 6.07) is 24.4. The quantitative estimate of drug-likeness (QED) is 0.399. The van der Waals surface area contributed by atoms with Crippen molar-refractivity contribution in [3.05, 3.63) is 77.9 Å². The lowest BCUT2D eigenvalue weighted by Crippen LogP contribution is -2.14. The minimum Gasteiger partial charge on any atom is -0.497 e. The Morgan fingerprint density at radius 3 is 1.84 bits per heavy atom. The van der Waals surface area contributed by atoms with Crippen molar-refractivity contribution < 1.29 is 4.74 Å². The van der Waals surface area contributed by atoms with Gasteiger partial charge >= 0.3 is 0 Å². The predicted octanol–water partition coefficient (Wildman–Crippen LogP) is 6.31. The monoisotopic (exact) mass is 324 g/mol. The molecule has 4 aromatic carbocycles. The van der Waals surface area contributed by atoms with Crippen molar-refractivity contribution in [2.75, 3.05) is 7.11 Å². The first-order valence-electron chi connectivity index (χ1n) is 8.74. The number of rotatable bonds is 1. The summed E-state index contributed by atoms with van der Waals surface area (Å²) >= 11 is 0. The molecule has 0 bridgehead atoms. The summed E-state index contributed by atoms with van der Waals surface area (Å²) in [5.74, 6) is 0.906. The number of fused-ring (bicyclic) bond motifs is 5. The van der Waals surface area contributed by atoms with Crippen LogP contribution in [-0.2, 0) is 5.41 Å². The molecule has 0 spiro atoms. The van der Waals surface area contributed by atoms with E-state index >= 15 is 0 Å². The van der Waals surface area contributed by atoms with Crippen LogP contribution in [0.4, 0.5) is 0 Å². The van der Waals surface area contributed by atoms with E-state index in [2.05, 4.69) is 74.5 Å². The second-order valence-corrected chi connectivity index (χ2v) is 7.48. The van der Waals surface area contributed by atoms with Crippen LogP contribution in [0.25, 0.3) is 32.7 Å². The molecule has 0 N–H and O–H groups in total. The third-order valence-corrected chi connectivity index (χ3v) is 5.71. The van der Waals surface area contributed by atoms with Gasteiger partial charge in [-0.3, -0.25) is 0 Å². The van der Waals surface area contributed by atoms with Gasteiger partial charge in [-0.2, -0.15) is 0 Å². The Hall–Kier alpha value is -2.80. The van der Waals surface area contributed by atoms with Crippen LogP contribution in [0.3, 0.4) is 0 Å². The molecule has 122 valence electrons. The highest BCUT2D eigenvalue weighted by Gasteiger charge is 2.35. The van der Waals surface area contributed by atoms with E-state index in [9.17, 15) is 0 Å². The Balaban J connectivity index is 1.86. The van der Waals surface area contributed by atoms with Crippen molar-refractivity contribution in [1.82, 2.24) is 0 Å². The second-order valence-electron chi connectivity index (χ2n) is 7.48. The molecule has 0 aromatic heterocycles. The molecule has 1 heteroatoms. The molecule has 0 radical (unpaired) electrons. The average molecular weight is 324 g/mol. The molecule has 0 heterocycles. The number of ether oxygens (including phenoxy) is 1. The van der Waals surface area contributed by atoms with Gasteiger partial charge in [0, 0.05) is 5.41 Å². The molecule has 5 rings (SSSR count). The fourth-order valence-electron chi connectivity index (χ4n) is 4.27. The van der Waals surface area contributed by atoms with E-state index in [-0.39, 0.29) is 5.41 Å². The Morgan fingerprint density at radius 2 is 1.20 bits per heavy atom. The van der Waals surface area contributed by atoms with Crippen LogP contribution in [0.5, 0.6) is 5.75 Å². The SMILES string of the molecule is COc1ccc2cc3c(cc2c1)-c1cc2ccccc2cc1C3(C)C. The summed E-state index contributed by atoms with van der Waals surface area (Å²) in [5, 5.41) is 5.11. The van der Waals surface area contributed by atoms with Crippen LogP contribution in [0.2, 0.25) is 0 Å². The van der Waals surface area contributed by atoms with Gasteiger partial charge in [0.25, 0.3) is 0 Å². The Bertz CT molecular complexity index is 1150. The molecule has 0 unspecified atom stereocenters. The van der Waals surface area contributed by atoms with Gasteiger partial charge in [-0.25, -0.2) is 0 Å². The molecule has 1 aliphatic rings. The van der Waals surface area contributed by atoms with Crippen LogP contribution in [0.1, 0.15) is 25.0 Å². The van der Waals surface area contributed by atoms with E-state index in [1.165, 1.54) is 43.8 Å². The highest BCUT2D eigenvalue weighted by molar-refractivity contribution is 5.98. The van der Waals surface area contributed by atoms with Gasteiger partial charge in [-0.05, 0) is 80.2 Å². The van der Waals surface area contributed by atoms with Gasteiger partial charge in [0.05, 0.1) is 7.11 Å². The molecule has 0 amide bonds. The molecular formula is C24H20O. The molecule has 1 nitrogen and oxygen atoms in total. The highest BCUT2D eigenvalue weighted by atomic mass is 16.5. The Labute approximate surface area is 147 Å². The molecule has 1 aliphatic carbocycles. The third-order valence-electron chi connectivity index (χ3n) is 5.71. The van der Waals surface area contributed by atoms with Crippen molar-refractivity contribution in [1.29, 1.82) is 0 Å². The first-order chi connectivity index (χ1) is 12.1. The molecular weight excluding hydrogens is 304 g/mol. The van der Waals surface area contributed by atoms with Gasteiger partial charge < -0.3 is 4.74 Å². The van der Waals surface area contributed by atoms with Gasteiger partial charge in [0.1, 0.15) is 5.75 Å². The van der Waals surface area contributed by atoms with Crippen LogP contribution in [0.15, 0.2) is 66.7 Å². The van der Waals surface area contributed by atoms with Crippen molar-refractivity contribution >= 4 is 21.5 Å². The molecule has 0 saturated carbocycles. The van der Waals surface area contributed by atoms with Gasteiger partial charge in [0.2, 0.25) is 0 Å². The highest BCUT2D eigenvalue weighted by Crippen LogP contribution is 2.51. The van der Waals surface area contributed by atoms with E-state index < -0.39 is 0 Å². The Morgan fingerprint density at radius 1 is 0.640 bits per heavy atom. The topological polar surface area (TPSA) is 9.23 Å². The number of benzene rings is 4. The van der Waals surface area contributed by atoms with Crippen molar-refractivity contribution in [2.45, 2.75) is 19.3 Å². The van der Waals surface area contributed by atoms with Gasteiger partial charge in [-0.1, -0.05) is 44.2 Å². The summed E-state index contributed by atoms with van der Waals surface area (Å²) in [6.45, 7) is 4.67. The molecule has 0 aliphatic heterocycles. The maximum absolute atomic E-state index is 5.41. The average Bonchev–Trinajstić information content (AvgIpc) is 2.85. The standard InChI is InChI=1S/C24H20O/c1-24(2)22-13-16-7-5-4-6-15(16)11-20(22)21-12-18-10-19(25-3)9-8-17(18)14-23(21)24/h4-14H,1-3H3. The second kappa shape index (κ2) is 4.86. The van der Waals surface area contributed by atoms with Crippen molar-refractivity contribution in [3.8, 4) is 16.9 Å². The van der Waals surface area contributed by atoms with E-state index in [4.69, 9.17) is 4.74 Å². The van der Waals surface area contributed by atoms with Crippen LogP contribution in [-0.4, -0.2) is 7.11 Å². The molecule has 0 fully saturated rings. The third kappa shape index (κ3) is 1.96. The first kappa shape index (κ1) is 14.5. The van der Waals surface area contributed by atoms with Crippen LogP contribution in [0, 0.1) is 0 Å². The molecule has 0 saturated heterocycles. The van der Waals surface area contributed by atoms with E-state index in [1.54, 1.807) is 7.11 Å². The van der Waals surface area contributed by atoms with Crippen LogP contribution >= 0.6 is 0 Å². The number of hydrogen-bond acceptors (Lipinski definition) is 1. The van der Waals surface area contributed by atoms with Crippen LogP contribution < -0.4 is 4.74 Å². The lowest BCUT2D eigenvalue weighted by molar-refractivity contribution is 0.415. The zero-order valence-corrected chi connectivity index (χ0v) is 14.8. The summed E-state index contributed by atoms with van der Waals surface area (Å²) in [5.41, 5.74) is 5.57. The first-order valence-corrected chi connectivity index (χ1v) is 8.74. The summed E-state index contributed by atoms with van der Waals surface area (Å²) in [7, 11) is 1.72.